The van der Waals surface area contributed by atoms with Crippen LogP contribution < -0.4 is 4.74 Å². The summed E-state index contributed by atoms with van der Waals surface area (Å²) in [6.07, 6.45) is 1.89. The fraction of sp³-hybridized carbons (Fsp3) is 0.333. The van der Waals surface area contributed by atoms with Gasteiger partial charge in [-0.15, -0.1) is 0 Å². The third kappa shape index (κ3) is 3.82. The molecule has 0 N–H and O–H groups in total. The summed E-state index contributed by atoms with van der Waals surface area (Å²) in [6.45, 7) is 1.96. The Morgan fingerprint density at radius 3 is 2.57 bits per heavy atom. The first-order chi connectivity index (χ1) is 10.3. The lowest BCUT2D eigenvalue weighted by Gasteiger charge is -2.23. The number of hydrogen-bond acceptors (Lipinski definition) is 2. The molecule has 21 heavy (non-hydrogen) atoms. The van der Waals surface area contributed by atoms with Gasteiger partial charge in [0.25, 0.3) is 0 Å². The summed E-state index contributed by atoms with van der Waals surface area (Å²) in [5.74, 6) is 0.732. The monoisotopic (exact) mass is 286 g/mol. The molecule has 0 bridgehead atoms. The average molecular weight is 286 g/mol. The van der Waals surface area contributed by atoms with Crippen molar-refractivity contribution in [2.24, 2.45) is 0 Å². The maximum atomic E-state index is 13.8. The molecule has 2 nitrogen and oxygen atoms in total. The van der Waals surface area contributed by atoms with Crippen molar-refractivity contribution < 1.29 is 13.9 Å². The second-order valence-corrected chi connectivity index (χ2v) is 5.38. The van der Waals surface area contributed by atoms with E-state index >= 15 is 0 Å². The highest BCUT2D eigenvalue weighted by Gasteiger charge is 2.17. The van der Waals surface area contributed by atoms with Crippen LogP contribution in [0.4, 0.5) is 4.39 Å². The Hall–Kier alpha value is -1.87. The van der Waals surface area contributed by atoms with Crippen molar-refractivity contribution in [1.82, 2.24) is 0 Å². The van der Waals surface area contributed by atoms with Gasteiger partial charge in [0.1, 0.15) is 18.2 Å². The molecule has 110 valence electrons. The second-order valence-electron chi connectivity index (χ2n) is 5.38. The van der Waals surface area contributed by atoms with Gasteiger partial charge in [-0.1, -0.05) is 30.3 Å². The van der Waals surface area contributed by atoms with E-state index < -0.39 is 0 Å². The summed E-state index contributed by atoms with van der Waals surface area (Å²) in [5, 5.41) is 0. The molecule has 0 amide bonds. The van der Waals surface area contributed by atoms with Crippen molar-refractivity contribution in [2.75, 3.05) is 13.2 Å². The minimum Gasteiger partial charge on any atom is -0.489 e. The molecule has 1 aliphatic heterocycles. The van der Waals surface area contributed by atoms with Gasteiger partial charge in [-0.2, -0.15) is 0 Å². The van der Waals surface area contributed by atoms with Crippen molar-refractivity contribution in [2.45, 2.75) is 25.4 Å². The Morgan fingerprint density at radius 1 is 1.05 bits per heavy atom. The summed E-state index contributed by atoms with van der Waals surface area (Å²) >= 11 is 0. The topological polar surface area (TPSA) is 18.5 Å². The Morgan fingerprint density at radius 2 is 1.81 bits per heavy atom. The quantitative estimate of drug-likeness (QED) is 0.834. The predicted molar refractivity (Wildman–Crippen MR) is 80.0 cm³/mol. The standard InChI is InChI=1S/C18H19FO2/c19-17-10-16(15-6-8-20-9-7-15)11-18(12-17)21-13-14-4-2-1-3-5-14/h1-5,10-12,15H,6-9,13H2. The van der Waals surface area contributed by atoms with Gasteiger partial charge in [0.15, 0.2) is 0 Å². The van der Waals surface area contributed by atoms with Crippen LogP contribution in [-0.2, 0) is 11.3 Å². The molecule has 0 atom stereocenters. The van der Waals surface area contributed by atoms with Gasteiger partial charge in [0.2, 0.25) is 0 Å². The van der Waals surface area contributed by atoms with E-state index in [1.165, 1.54) is 6.07 Å². The molecule has 1 heterocycles. The van der Waals surface area contributed by atoms with Crippen LogP contribution in [0.15, 0.2) is 48.5 Å². The normalized spacial score (nSPS) is 15.9. The molecular formula is C18H19FO2. The molecule has 0 unspecified atom stereocenters. The summed E-state index contributed by atoms with van der Waals surface area (Å²) in [4.78, 5) is 0. The van der Waals surface area contributed by atoms with Crippen LogP contribution in [0.1, 0.15) is 29.9 Å². The van der Waals surface area contributed by atoms with Crippen LogP contribution in [0, 0.1) is 5.82 Å². The molecule has 1 fully saturated rings. The van der Waals surface area contributed by atoms with Crippen molar-refractivity contribution in [3.05, 3.63) is 65.5 Å². The minimum atomic E-state index is -0.234. The molecule has 0 aromatic heterocycles. The number of ether oxygens (including phenoxy) is 2. The van der Waals surface area contributed by atoms with Crippen molar-refractivity contribution in [3.63, 3.8) is 0 Å². The molecule has 0 spiro atoms. The van der Waals surface area contributed by atoms with E-state index in [0.717, 1.165) is 37.2 Å². The average Bonchev–Trinajstić information content (AvgIpc) is 2.54. The smallest absolute Gasteiger partial charge is 0.127 e. The van der Waals surface area contributed by atoms with Crippen LogP contribution in [-0.4, -0.2) is 13.2 Å². The number of hydrogen-bond donors (Lipinski definition) is 0. The van der Waals surface area contributed by atoms with E-state index in [1.807, 2.05) is 36.4 Å². The first kappa shape index (κ1) is 14.1. The van der Waals surface area contributed by atoms with E-state index in [-0.39, 0.29) is 5.82 Å². The Balaban J connectivity index is 1.71. The van der Waals surface area contributed by atoms with Crippen LogP contribution in [0.5, 0.6) is 5.75 Å². The molecule has 0 aliphatic carbocycles. The zero-order valence-electron chi connectivity index (χ0n) is 11.9. The number of halogens is 1. The second kappa shape index (κ2) is 6.72. The van der Waals surface area contributed by atoms with Gasteiger partial charge in [-0.05, 0) is 42.0 Å². The zero-order chi connectivity index (χ0) is 14.5. The van der Waals surface area contributed by atoms with Gasteiger partial charge in [-0.3, -0.25) is 0 Å². The third-order valence-corrected chi connectivity index (χ3v) is 3.83. The van der Waals surface area contributed by atoms with Crippen LogP contribution in [0.25, 0.3) is 0 Å². The largest absolute Gasteiger partial charge is 0.489 e. The Kier molecular flexibility index (Phi) is 4.51. The van der Waals surface area contributed by atoms with Crippen molar-refractivity contribution in [3.8, 4) is 5.75 Å². The molecule has 0 saturated carbocycles. The SMILES string of the molecule is Fc1cc(OCc2ccccc2)cc(C2CCOCC2)c1. The highest BCUT2D eigenvalue weighted by molar-refractivity contribution is 5.32. The fourth-order valence-corrected chi connectivity index (χ4v) is 2.68. The molecule has 2 aromatic rings. The summed E-state index contributed by atoms with van der Waals surface area (Å²) in [7, 11) is 0. The molecule has 1 saturated heterocycles. The highest BCUT2D eigenvalue weighted by Crippen LogP contribution is 2.30. The van der Waals surface area contributed by atoms with E-state index in [2.05, 4.69) is 0 Å². The lowest BCUT2D eigenvalue weighted by atomic mass is 9.91. The van der Waals surface area contributed by atoms with Gasteiger partial charge in [0.05, 0.1) is 0 Å². The third-order valence-electron chi connectivity index (χ3n) is 3.83. The van der Waals surface area contributed by atoms with Crippen LogP contribution >= 0.6 is 0 Å². The number of rotatable bonds is 4. The summed E-state index contributed by atoms with van der Waals surface area (Å²) < 4.78 is 24.9. The molecule has 3 rings (SSSR count). The first-order valence-electron chi connectivity index (χ1n) is 7.36. The van der Waals surface area contributed by atoms with Gasteiger partial charge in [0, 0.05) is 19.3 Å². The Bertz CT molecular complexity index is 577. The summed E-state index contributed by atoms with van der Waals surface area (Å²) in [6, 6.07) is 14.9. The lowest BCUT2D eigenvalue weighted by Crippen LogP contribution is -2.14. The van der Waals surface area contributed by atoms with E-state index in [9.17, 15) is 4.39 Å². The predicted octanol–water partition coefficient (Wildman–Crippen LogP) is 4.30. The first-order valence-corrected chi connectivity index (χ1v) is 7.36. The zero-order valence-corrected chi connectivity index (χ0v) is 11.9. The molecule has 3 heteroatoms. The van der Waals surface area contributed by atoms with Gasteiger partial charge >= 0.3 is 0 Å². The molecule has 2 aromatic carbocycles. The summed E-state index contributed by atoms with van der Waals surface area (Å²) in [5.41, 5.74) is 2.09. The molecular weight excluding hydrogens is 267 g/mol. The highest BCUT2D eigenvalue weighted by atomic mass is 19.1. The Labute approximate surface area is 124 Å². The van der Waals surface area contributed by atoms with Gasteiger partial charge in [-0.25, -0.2) is 4.39 Å². The van der Waals surface area contributed by atoms with E-state index in [1.54, 1.807) is 6.07 Å². The van der Waals surface area contributed by atoms with Crippen molar-refractivity contribution in [1.29, 1.82) is 0 Å². The van der Waals surface area contributed by atoms with Crippen LogP contribution in [0.3, 0.4) is 0 Å². The minimum absolute atomic E-state index is 0.234. The van der Waals surface area contributed by atoms with E-state index in [4.69, 9.17) is 9.47 Å². The molecule has 0 radical (unpaired) electrons. The van der Waals surface area contributed by atoms with Gasteiger partial charge < -0.3 is 9.47 Å². The molecule has 1 aliphatic rings. The van der Waals surface area contributed by atoms with E-state index in [0.29, 0.717) is 18.3 Å². The maximum Gasteiger partial charge on any atom is 0.127 e. The fourth-order valence-electron chi connectivity index (χ4n) is 2.68. The van der Waals surface area contributed by atoms with Crippen LogP contribution in [0.2, 0.25) is 0 Å². The van der Waals surface area contributed by atoms with Crippen molar-refractivity contribution >= 4 is 0 Å². The lowest BCUT2D eigenvalue weighted by molar-refractivity contribution is 0.0852. The number of benzene rings is 2. The maximum absolute atomic E-state index is 13.8.